The monoisotopic (exact) mass is 392 g/mol. The highest BCUT2D eigenvalue weighted by Crippen LogP contribution is 2.32. The standard InChI is InChI=1S/C20H20N6O3/c1-27-14-5-2-4-13(10-14)17-18(19-21-7-8-22-19)26(12-23-17)11-16-24-20(29-25-16)15-6-3-9-28-15/h2,4-5,7-8,10,12,15H,3,6,9,11H2,1H3,(H,21,22). The molecular weight excluding hydrogens is 372 g/mol. The van der Waals surface area contributed by atoms with E-state index in [-0.39, 0.29) is 6.10 Å². The summed E-state index contributed by atoms with van der Waals surface area (Å²) < 4.78 is 18.4. The molecule has 1 atom stereocenters. The van der Waals surface area contributed by atoms with Crippen molar-refractivity contribution in [2.45, 2.75) is 25.5 Å². The highest BCUT2D eigenvalue weighted by Gasteiger charge is 2.25. The number of ether oxygens (including phenoxy) is 2. The fourth-order valence-corrected chi connectivity index (χ4v) is 3.51. The van der Waals surface area contributed by atoms with E-state index >= 15 is 0 Å². The SMILES string of the molecule is COc1cccc(-c2ncn(Cc3noc(C4CCCO4)n3)c2-c2ncc[nH]2)c1. The largest absolute Gasteiger partial charge is 0.497 e. The predicted octanol–water partition coefficient (Wildman–Crippen LogP) is 3.23. The third kappa shape index (κ3) is 3.40. The third-order valence-corrected chi connectivity index (χ3v) is 4.90. The van der Waals surface area contributed by atoms with E-state index < -0.39 is 0 Å². The van der Waals surface area contributed by atoms with E-state index in [1.807, 2.05) is 28.8 Å². The zero-order valence-corrected chi connectivity index (χ0v) is 15.9. The van der Waals surface area contributed by atoms with Crippen LogP contribution >= 0.6 is 0 Å². The first-order valence-electron chi connectivity index (χ1n) is 9.45. The van der Waals surface area contributed by atoms with Gasteiger partial charge >= 0.3 is 0 Å². The van der Waals surface area contributed by atoms with Crippen LogP contribution in [0, 0.1) is 0 Å². The lowest BCUT2D eigenvalue weighted by Gasteiger charge is -2.07. The van der Waals surface area contributed by atoms with Crippen molar-refractivity contribution in [2.24, 2.45) is 0 Å². The first-order valence-corrected chi connectivity index (χ1v) is 9.45. The average Bonchev–Trinajstić information content (AvgIpc) is 3.55. The Hall–Kier alpha value is -3.46. The second kappa shape index (κ2) is 7.51. The van der Waals surface area contributed by atoms with Gasteiger partial charge in [0.25, 0.3) is 5.89 Å². The zero-order chi connectivity index (χ0) is 19.6. The van der Waals surface area contributed by atoms with Gasteiger partial charge in [-0.1, -0.05) is 17.3 Å². The molecule has 148 valence electrons. The number of hydrogen-bond acceptors (Lipinski definition) is 7. The summed E-state index contributed by atoms with van der Waals surface area (Å²) in [7, 11) is 1.65. The van der Waals surface area contributed by atoms with Crippen molar-refractivity contribution >= 4 is 0 Å². The number of rotatable bonds is 6. The van der Waals surface area contributed by atoms with Crippen LogP contribution < -0.4 is 4.74 Å². The van der Waals surface area contributed by atoms with Gasteiger partial charge in [-0.05, 0) is 25.0 Å². The highest BCUT2D eigenvalue weighted by molar-refractivity contribution is 5.76. The first-order chi connectivity index (χ1) is 14.3. The van der Waals surface area contributed by atoms with Gasteiger partial charge in [0.2, 0.25) is 0 Å². The van der Waals surface area contributed by atoms with Crippen LogP contribution in [0.25, 0.3) is 22.8 Å². The Bertz CT molecular complexity index is 1100. The molecule has 3 aromatic heterocycles. The Labute approximate surface area is 166 Å². The molecule has 0 amide bonds. The summed E-state index contributed by atoms with van der Waals surface area (Å²) in [6.45, 7) is 1.14. The smallest absolute Gasteiger partial charge is 0.255 e. The fraction of sp³-hybridized carbons (Fsp3) is 0.300. The van der Waals surface area contributed by atoms with Crippen LogP contribution in [-0.2, 0) is 11.3 Å². The molecule has 1 aromatic carbocycles. The lowest BCUT2D eigenvalue weighted by molar-refractivity contribution is 0.0835. The number of hydrogen-bond donors (Lipinski definition) is 1. The Morgan fingerprint density at radius 2 is 2.28 bits per heavy atom. The van der Waals surface area contributed by atoms with Crippen molar-refractivity contribution in [3.05, 3.63) is 54.7 Å². The Balaban J connectivity index is 1.51. The molecule has 1 fully saturated rings. The topological polar surface area (TPSA) is 104 Å². The first kappa shape index (κ1) is 17.6. The molecule has 9 nitrogen and oxygen atoms in total. The van der Waals surface area contributed by atoms with E-state index in [1.54, 1.807) is 25.8 Å². The van der Waals surface area contributed by atoms with Crippen molar-refractivity contribution < 1.29 is 14.0 Å². The summed E-state index contributed by atoms with van der Waals surface area (Å²) in [4.78, 5) is 16.7. The van der Waals surface area contributed by atoms with Gasteiger partial charge in [-0.3, -0.25) is 0 Å². The number of aromatic nitrogens is 6. The van der Waals surface area contributed by atoms with Crippen LogP contribution in [0.1, 0.15) is 30.7 Å². The van der Waals surface area contributed by atoms with Gasteiger partial charge in [0, 0.05) is 24.6 Å². The molecule has 0 aliphatic carbocycles. The molecule has 0 bridgehead atoms. The molecule has 1 saturated heterocycles. The molecule has 4 heterocycles. The molecule has 0 saturated carbocycles. The van der Waals surface area contributed by atoms with Crippen molar-refractivity contribution in [3.63, 3.8) is 0 Å². The van der Waals surface area contributed by atoms with Crippen LogP contribution in [0.4, 0.5) is 0 Å². The lowest BCUT2D eigenvalue weighted by Crippen LogP contribution is -2.04. The summed E-state index contributed by atoms with van der Waals surface area (Å²) in [5.41, 5.74) is 2.57. The number of methoxy groups -OCH3 is 1. The second-order valence-electron chi connectivity index (χ2n) is 6.79. The minimum Gasteiger partial charge on any atom is -0.497 e. The maximum atomic E-state index is 5.63. The van der Waals surface area contributed by atoms with E-state index in [9.17, 15) is 0 Å². The molecule has 5 rings (SSSR count). The zero-order valence-electron chi connectivity index (χ0n) is 15.9. The van der Waals surface area contributed by atoms with Crippen LogP contribution in [-0.4, -0.2) is 43.4 Å². The molecule has 9 heteroatoms. The average molecular weight is 392 g/mol. The molecular formula is C20H20N6O3. The van der Waals surface area contributed by atoms with Gasteiger partial charge in [0.15, 0.2) is 11.6 Å². The normalized spacial score (nSPS) is 16.4. The number of H-pyrrole nitrogens is 1. The number of imidazole rings is 2. The number of benzene rings is 1. The minimum absolute atomic E-state index is 0.101. The van der Waals surface area contributed by atoms with Crippen LogP contribution in [0.2, 0.25) is 0 Å². The van der Waals surface area contributed by atoms with E-state index in [2.05, 4.69) is 25.1 Å². The Morgan fingerprint density at radius 3 is 3.07 bits per heavy atom. The molecule has 1 unspecified atom stereocenters. The van der Waals surface area contributed by atoms with Crippen molar-refractivity contribution in [3.8, 4) is 28.5 Å². The molecule has 1 N–H and O–H groups in total. The van der Waals surface area contributed by atoms with Crippen molar-refractivity contribution in [1.29, 1.82) is 0 Å². The van der Waals surface area contributed by atoms with Crippen molar-refractivity contribution in [2.75, 3.05) is 13.7 Å². The van der Waals surface area contributed by atoms with Gasteiger partial charge in [0.05, 0.1) is 25.7 Å². The van der Waals surface area contributed by atoms with Gasteiger partial charge in [-0.2, -0.15) is 4.98 Å². The molecule has 29 heavy (non-hydrogen) atoms. The summed E-state index contributed by atoms with van der Waals surface area (Å²) in [6, 6.07) is 7.78. The molecule has 0 spiro atoms. The fourth-order valence-electron chi connectivity index (χ4n) is 3.51. The maximum absolute atomic E-state index is 5.63. The second-order valence-corrected chi connectivity index (χ2v) is 6.79. The lowest BCUT2D eigenvalue weighted by atomic mass is 10.1. The number of nitrogens with zero attached hydrogens (tertiary/aromatic N) is 5. The van der Waals surface area contributed by atoms with E-state index in [1.165, 1.54) is 0 Å². The molecule has 1 aliphatic heterocycles. The minimum atomic E-state index is -0.101. The summed E-state index contributed by atoms with van der Waals surface area (Å²) in [5.74, 6) is 2.58. The van der Waals surface area contributed by atoms with Gasteiger partial charge in [0.1, 0.15) is 17.5 Å². The van der Waals surface area contributed by atoms with Gasteiger partial charge in [-0.15, -0.1) is 0 Å². The number of aromatic amines is 1. The van der Waals surface area contributed by atoms with Gasteiger partial charge < -0.3 is 23.5 Å². The van der Waals surface area contributed by atoms with Crippen LogP contribution in [0.3, 0.4) is 0 Å². The quantitative estimate of drug-likeness (QED) is 0.537. The van der Waals surface area contributed by atoms with E-state index in [4.69, 9.17) is 14.0 Å². The van der Waals surface area contributed by atoms with E-state index in [0.717, 1.165) is 42.1 Å². The Kier molecular flexibility index (Phi) is 4.57. The third-order valence-electron chi connectivity index (χ3n) is 4.90. The van der Waals surface area contributed by atoms with Crippen molar-refractivity contribution in [1.82, 2.24) is 29.7 Å². The highest BCUT2D eigenvalue weighted by atomic mass is 16.5. The summed E-state index contributed by atoms with van der Waals surface area (Å²) in [5, 5.41) is 4.12. The molecule has 4 aromatic rings. The predicted molar refractivity (Wildman–Crippen MR) is 103 cm³/mol. The Morgan fingerprint density at radius 1 is 1.31 bits per heavy atom. The summed E-state index contributed by atoms with van der Waals surface area (Å²) in [6.07, 6.45) is 7.07. The molecule has 0 radical (unpaired) electrons. The van der Waals surface area contributed by atoms with Crippen LogP contribution in [0.5, 0.6) is 5.75 Å². The van der Waals surface area contributed by atoms with Crippen LogP contribution in [0.15, 0.2) is 47.5 Å². The van der Waals surface area contributed by atoms with E-state index in [0.29, 0.717) is 24.1 Å². The maximum Gasteiger partial charge on any atom is 0.255 e. The number of nitrogens with one attached hydrogen (secondary N) is 1. The summed E-state index contributed by atoms with van der Waals surface area (Å²) >= 11 is 0. The van der Waals surface area contributed by atoms with Gasteiger partial charge in [-0.25, -0.2) is 9.97 Å². The molecule has 1 aliphatic rings.